The van der Waals surface area contributed by atoms with Gasteiger partial charge in [0.15, 0.2) is 5.96 Å². The van der Waals surface area contributed by atoms with E-state index in [4.69, 9.17) is 5.73 Å². The molecule has 0 atom stereocenters. The van der Waals surface area contributed by atoms with Crippen molar-refractivity contribution in [2.75, 3.05) is 33.7 Å². The zero-order valence-corrected chi connectivity index (χ0v) is 9.51. The van der Waals surface area contributed by atoms with Crippen molar-refractivity contribution in [2.24, 2.45) is 16.1 Å². The zero-order chi connectivity index (χ0) is 10.6. The van der Waals surface area contributed by atoms with Gasteiger partial charge in [-0.15, -0.1) is 0 Å². The fraction of sp³-hybridized carbons (Fsp3) is 0.900. The quantitative estimate of drug-likeness (QED) is 0.494. The minimum absolute atomic E-state index is 0.377. The lowest BCUT2D eigenvalue weighted by Gasteiger charge is -2.38. The van der Waals surface area contributed by atoms with E-state index in [1.54, 1.807) is 7.05 Å². The van der Waals surface area contributed by atoms with Crippen LogP contribution in [0.15, 0.2) is 4.99 Å². The highest BCUT2D eigenvalue weighted by molar-refractivity contribution is 5.77. The SMILES string of the molecule is CN=C(N)NCC1(C)CCN(C)CC1. The van der Waals surface area contributed by atoms with Gasteiger partial charge >= 0.3 is 0 Å². The minimum Gasteiger partial charge on any atom is -0.370 e. The Hall–Kier alpha value is -0.770. The van der Waals surface area contributed by atoms with Crippen LogP contribution in [-0.2, 0) is 0 Å². The van der Waals surface area contributed by atoms with Gasteiger partial charge in [-0.2, -0.15) is 0 Å². The van der Waals surface area contributed by atoms with Crippen LogP contribution in [0.4, 0.5) is 0 Å². The summed E-state index contributed by atoms with van der Waals surface area (Å²) in [6.45, 7) is 5.61. The highest BCUT2D eigenvalue weighted by atomic mass is 15.1. The third-order valence-corrected chi connectivity index (χ3v) is 3.13. The van der Waals surface area contributed by atoms with E-state index in [9.17, 15) is 0 Å². The molecule has 1 fully saturated rings. The van der Waals surface area contributed by atoms with Crippen LogP contribution < -0.4 is 11.1 Å². The standard InChI is InChI=1S/C10H22N4/c1-10(8-13-9(11)12-2)4-6-14(3)7-5-10/h4-8H2,1-3H3,(H3,11,12,13). The lowest BCUT2D eigenvalue weighted by atomic mass is 9.80. The molecule has 0 aromatic heterocycles. The van der Waals surface area contributed by atoms with Gasteiger partial charge in [0, 0.05) is 13.6 Å². The molecule has 1 rings (SSSR count). The number of nitrogens with two attached hydrogens (primary N) is 1. The number of aliphatic imine (C=N–C) groups is 1. The van der Waals surface area contributed by atoms with E-state index in [0.717, 1.165) is 6.54 Å². The van der Waals surface area contributed by atoms with Crippen molar-refractivity contribution >= 4 is 5.96 Å². The highest BCUT2D eigenvalue weighted by Gasteiger charge is 2.28. The molecule has 1 aliphatic heterocycles. The molecule has 0 radical (unpaired) electrons. The average Bonchev–Trinajstić information content (AvgIpc) is 2.20. The van der Waals surface area contributed by atoms with Gasteiger partial charge in [0.2, 0.25) is 0 Å². The second-order valence-corrected chi connectivity index (χ2v) is 4.58. The number of rotatable bonds is 2. The largest absolute Gasteiger partial charge is 0.370 e. The molecule has 82 valence electrons. The number of nitrogens with zero attached hydrogens (tertiary/aromatic N) is 2. The summed E-state index contributed by atoms with van der Waals surface area (Å²) in [5.74, 6) is 0.546. The molecule has 4 heteroatoms. The summed E-state index contributed by atoms with van der Waals surface area (Å²) in [7, 11) is 3.88. The van der Waals surface area contributed by atoms with Crippen molar-refractivity contribution in [3.63, 3.8) is 0 Å². The number of hydrogen-bond acceptors (Lipinski definition) is 2. The maximum Gasteiger partial charge on any atom is 0.188 e. The lowest BCUT2D eigenvalue weighted by Crippen LogP contribution is -2.45. The summed E-state index contributed by atoms with van der Waals surface area (Å²) in [5, 5.41) is 3.17. The van der Waals surface area contributed by atoms with Gasteiger partial charge in [-0.3, -0.25) is 4.99 Å². The van der Waals surface area contributed by atoms with E-state index in [2.05, 4.69) is 29.2 Å². The summed E-state index contributed by atoms with van der Waals surface area (Å²) in [6.07, 6.45) is 2.46. The number of hydrogen-bond donors (Lipinski definition) is 2. The molecule has 3 N–H and O–H groups in total. The molecule has 1 saturated heterocycles. The second kappa shape index (κ2) is 4.64. The first-order chi connectivity index (χ1) is 6.56. The molecule has 0 aromatic carbocycles. The third-order valence-electron chi connectivity index (χ3n) is 3.13. The van der Waals surface area contributed by atoms with Crippen molar-refractivity contribution in [2.45, 2.75) is 19.8 Å². The first-order valence-corrected chi connectivity index (χ1v) is 5.20. The minimum atomic E-state index is 0.377. The predicted molar refractivity (Wildman–Crippen MR) is 60.4 cm³/mol. The van der Waals surface area contributed by atoms with E-state index < -0.39 is 0 Å². The summed E-state index contributed by atoms with van der Waals surface area (Å²) < 4.78 is 0. The normalized spacial score (nSPS) is 23.5. The van der Waals surface area contributed by atoms with Gasteiger partial charge in [0.1, 0.15) is 0 Å². The van der Waals surface area contributed by atoms with Gasteiger partial charge in [0.05, 0.1) is 0 Å². The molecule has 0 bridgehead atoms. The Labute approximate surface area is 86.6 Å². The maximum atomic E-state index is 5.60. The van der Waals surface area contributed by atoms with Gasteiger partial charge < -0.3 is 16.0 Å². The monoisotopic (exact) mass is 198 g/mol. The molecular weight excluding hydrogens is 176 g/mol. The summed E-state index contributed by atoms with van der Waals surface area (Å²) >= 11 is 0. The number of nitrogens with one attached hydrogen (secondary N) is 1. The summed E-state index contributed by atoms with van der Waals surface area (Å²) in [5.41, 5.74) is 5.98. The smallest absolute Gasteiger partial charge is 0.188 e. The molecule has 0 amide bonds. The van der Waals surface area contributed by atoms with Crippen LogP contribution in [0.5, 0.6) is 0 Å². The number of guanidine groups is 1. The van der Waals surface area contributed by atoms with E-state index in [0.29, 0.717) is 11.4 Å². The second-order valence-electron chi connectivity index (χ2n) is 4.58. The lowest BCUT2D eigenvalue weighted by molar-refractivity contribution is 0.142. The van der Waals surface area contributed by atoms with E-state index in [1.807, 2.05) is 0 Å². The Bertz CT molecular complexity index is 204. The van der Waals surface area contributed by atoms with Crippen LogP contribution in [-0.4, -0.2) is 44.6 Å². The van der Waals surface area contributed by atoms with Crippen LogP contribution in [0.2, 0.25) is 0 Å². The van der Waals surface area contributed by atoms with Gasteiger partial charge in [0.25, 0.3) is 0 Å². The van der Waals surface area contributed by atoms with Crippen LogP contribution >= 0.6 is 0 Å². The summed E-state index contributed by atoms with van der Waals surface area (Å²) in [4.78, 5) is 6.27. The van der Waals surface area contributed by atoms with Crippen LogP contribution in [0.25, 0.3) is 0 Å². The van der Waals surface area contributed by atoms with Crippen molar-refractivity contribution < 1.29 is 0 Å². The van der Waals surface area contributed by atoms with Crippen molar-refractivity contribution in [3.05, 3.63) is 0 Å². The first kappa shape index (κ1) is 11.3. The van der Waals surface area contributed by atoms with Gasteiger partial charge in [-0.25, -0.2) is 0 Å². The number of likely N-dealkylation sites (tertiary alicyclic amines) is 1. The van der Waals surface area contributed by atoms with Gasteiger partial charge in [-0.1, -0.05) is 6.92 Å². The van der Waals surface area contributed by atoms with E-state index in [1.165, 1.54) is 25.9 Å². The topological polar surface area (TPSA) is 53.6 Å². The summed E-state index contributed by atoms with van der Waals surface area (Å²) in [6, 6.07) is 0. The third kappa shape index (κ3) is 3.18. The average molecular weight is 198 g/mol. The fourth-order valence-corrected chi connectivity index (χ4v) is 1.72. The molecule has 0 unspecified atom stereocenters. The molecule has 1 aliphatic rings. The highest BCUT2D eigenvalue weighted by Crippen LogP contribution is 2.29. The Balaban J connectivity index is 2.35. The molecule has 4 nitrogen and oxygen atoms in total. The molecule has 0 aromatic rings. The molecule has 14 heavy (non-hydrogen) atoms. The predicted octanol–water partition coefficient (Wildman–Crippen LogP) is 0.252. The van der Waals surface area contributed by atoms with E-state index in [-0.39, 0.29) is 0 Å². The molecule has 0 aliphatic carbocycles. The molecular formula is C10H22N4. The zero-order valence-electron chi connectivity index (χ0n) is 9.51. The first-order valence-electron chi connectivity index (χ1n) is 5.20. The Morgan fingerprint density at radius 2 is 2.07 bits per heavy atom. The van der Waals surface area contributed by atoms with Crippen molar-refractivity contribution in [3.8, 4) is 0 Å². The fourth-order valence-electron chi connectivity index (χ4n) is 1.72. The molecule has 0 saturated carbocycles. The Morgan fingerprint density at radius 1 is 1.50 bits per heavy atom. The van der Waals surface area contributed by atoms with E-state index >= 15 is 0 Å². The van der Waals surface area contributed by atoms with Crippen LogP contribution in [0.1, 0.15) is 19.8 Å². The van der Waals surface area contributed by atoms with Gasteiger partial charge in [-0.05, 0) is 38.4 Å². The van der Waals surface area contributed by atoms with Crippen molar-refractivity contribution in [1.29, 1.82) is 0 Å². The van der Waals surface area contributed by atoms with Crippen molar-refractivity contribution in [1.82, 2.24) is 10.2 Å². The van der Waals surface area contributed by atoms with Crippen LogP contribution in [0.3, 0.4) is 0 Å². The molecule has 1 heterocycles. The Morgan fingerprint density at radius 3 is 2.57 bits per heavy atom. The van der Waals surface area contributed by atoms with Crippen LogP contribution in [0, 0.1) is 5.41 Å². The molecule has 0 spiro atoms. The Kier molecular flexibility index (Phi) is 3.75. The number of piperidine rings is 1. The maximum absolute atomic E-state index is 5.60.